The van der Waals surface area contributed by atoms with Crippen molar-refractivity contribution in [3.05, 3.63) is 36.7 Å². The molecule has 0 saturated heterocycles. The molecule has 0 unspecified atom stereocenters. The molecular weight excluding hydrogens is 156 g/mol. The Balaban J connectivity index is 2.46. The molecule has 1 radical (unpaired) electrons. The van der Waals surface area contributed by atoms with E-state index in [-0.39, 0.29) is 0 Å². The SMILES string of the molecule is [c]1ccccc1-c1ncns1. The highest BCUT2D eigenvalue weighted by molar-refractivity contribution is 7.09. The first-order valence-electron chi connectivity index (χ1n) is 3.20. The van der Waals surface area contributed by atoms with Crippen LogP contribution in [0.15, 0.2) is 30.6 Å². The van der Waals surface area contributed by atoms with E-state index in [1.807, 2.05) is 24.3 Å². The molecule has 11 heavy (non-hydrogen) atoms. The molecule has 1 aromatic carbocycles. The minimum atomic E-state index is 0.922. The first kappa shape index (κ1) is 6.49. The largest absolute Gasteiger partial charge is 0.223 e. The lowest BCUT2D eigenvalue weighted by atomic mass is 10.2. The summed E-state index contributed by atoms with van der Waals surface area (Å²) in [6.07, 6.45) is 1.56. The van der Waals surface area contributed by atoms with Crippen LogP contribution in [0.3, 0.4) is 0 Å². The van der Waals surface area contributed by atoms with E-state index in [2.05, 4.69) is 15.4 Å². The van der Waals surface area contributed by atoms with Crippen molar-refractivity contribution >= 4 is 11.5 Å². The molecule has 0 N–H and O–H groups in total. The van der Waals surface area contributed by atoms with E-state index in [1.165, 1.54) is 11.5 Å². The molecule has 0 fully saturated rings. The summed E-state index contributed by atoms with van der Waals surface area (Å²) in [5.74, 6) is 0. The summed E-state index contributed by atoms with van der Waals surface area (Å²) in [4.78, 5) is 4.06. The van der Waals surface area contributed by atoms with Crippen molar-refractivity contribution in [3.63, 3.8) is 0 Å². The van der Waals surface area contributed by atoms with Crippen molar-refractivity contribution < 1.29 is 0 Å². The van der Waals surface area contributed by atoms with E-state index in [4.69, 9.17) is 0 Å². The molecule has 0 saturated carbocycles. The molecule has 2 nitrogen and oxygen atoms in total. The maximum Gasteiger partial charge on any atom is 0.144 e. The second-order valence-corrected chi connectivity index (χ2v) is 2.80. The molecule has 3 heteroatoms. The Labute approximate surface area is 68.7 Å². The summed E-state index contributed by atoms with van der Waals surface area (Å²) in [6, 6.07) is 10.8. The van der Waals surface area contributed by atoms with Gasteiger partial charge in [-0.15, -0.1) is 0 Å². The van der Waals surface area contributed by atoms with Crippen LogP contribution in [0.2, 0.25) is 0 Å². The summed E-state index contributed by atoms with van der Waals surface area (Å²) < 4.78 is 3.91. The van der Waals surface area contributed by atoms with Gasteiger partial charge in [-0.05, 0) is 17.6 Å². The average molecular weight is 161 g/mol. The van der Waals surface area contributed by atoms with Gasteiger partial charge >= 0.3 is 0 Å². The van der Waals surface area contributed by atoms with Crippen LogP contribution in [0, 0.1) is 6.07 Å². The van der Waals surface area contributed by atoms with Crippen molar-refractivity contribution in [1.82, 2.24) is 9.36 Å². The highest BCUT2D eigenvalue weighted by atomic mass is 32.1. The van der Waals surface area contributed by atoms with Gasteiger partial charge in [-0.2, -0.15) is 4.37 Å². The van der Waals surface area contributed by atoms with Crippen molar-refractivity contribution in [2.24, 2.45) is 0 Å². The molecule has 0 aliphatic heterocycles. The monoisotopic (exact) mass is 161 g/mol. The number of hydrogen-bond acceptors (Lipinski definition) is 3. The first-order chi connectivity index (χ1) is 5.47. The average Bonchev–Trinajstić information content (AvgIpc) is 2.58. The molecule has 0 spiro atoms. The Morgan fingerprint density at radius 3 is 3.00 bits per heavy atom. The van der Waals surface area contributed by atoms with E-state index in [0.717, 1.165) is 10.6 Å². The van der Waals surface area contributed by atoms with Crippen LogP contribution in [0.5, 0.6) is 0 Å². The van der Waals surface area contributed by atoms with E-state index in [0.29, 0.717) is 0 Å². The van der Waals surface area contributed by atoms with E-state index in [1.54, 1.807) is 6.33 Å². The van der Waals surface area contributed by atoms with Crippen LogP contribution in [0.25, 0.3) is 10.6 Å². The zero-order valence-electron chi connectivity index (χ0n) is 5.69. The molecule has 0 aliphatic carbocycles. The van der Waals surface area contributed by atoms with E-state index in [9.17, 15) is 0 Å². The second kappa shape index (κ2) is 2.80. The van der Waals surface area contributed by atoms with E-state index < -0.39 is 0 Å². The van der Waals surface area contributed by atoms with Gasteiger partial charge in [0.2, 0.25) is 0 Å². The number of benzene rings is 1. The smallest absolute Gasteiger partial charge is 0.144 e. The van der Waals surface area contributed by atoms with Crippen molar-refractivity contribution in [2.45, 2.75) is 0 Å². The van der Waals surface area contributed by atoms with Gasteiger partial charge in [0.05, 0.1) is 0 Å². The summed E-state index contributed by atoms with van der Waals surface area (Å²) in [7, 11) is 0. The quantitative estimate of drug-likeness (QED) is 0.639. The first-order valence-corrected chi connectivity index (χ1v) is 3.98. The second-order valence-electron chi connectivity index (χ2n) is 2.02. The maximum atomic E-state index is 4.06. The fourth-order valence-corrected chi connectivity index (χ4v) is 1.33. The summed E-state index contributed by atoms with van der Waals surface area (Å²) in [5.41, 5.74) is 1.01. The number of hydrogen-bond donors (Lipinski definition) is 0. The summed E-state index contributed by atoms with van der Waals surface area (Å²) in [6.45, 7) is 0. The molecule has 53 valence electrons. The van der Waals surface area contributed by atoms with Crippen LogP contribution in [0.4, 0.5) is 0 Å². The lowest BCUT2D eigenvalue weighted by molar-refractivity contribution is 1.33. The molecule has 0 atom stereocenters. The predicted molar refractivity (Wildman–Crippen MR) is 44.2 cm³/mol. The van der Waals surface area contributed by atoms with Gasteiger partial charge in [-0.3, -0.25) is 0 Å². The molecule has 0 bridgehead atoms. The normalized spacial score (nSPS) is 9.82. The third kappa shape index (κ3) is 1.28. The molecule has 2 rings (SSSR count). The lowest BCUT2D eigenvalue weighted by Crippen LogP contribution is -1.72. The zero-order valence-corrected chi connectivity index (χ0v) is 6.51. The fourth-order valence-electron chi connectivity index (χ4n) is 0.818. The van der Waals surface area contributed by atoms with Crippen LogP contribution in [-0.4, -0.2) is 9.36 Å². The molecule has 2 aromatic rings. The summed E-state index contributed by atoms with van der Waals surface area (Å²) in [5, 5.41) is 0.922. The standard InChI is InChI=1S/C8H5N2S/c1-2-4-7(5-3-1)8-9-6-10-11-8/h1-4,6H. The fraction of sp³-hybridized carbons (Fsp3) is 0. The molecule has 0 aliphatic rings. The minimum absolute atomic E-state index is 0.922. The van der Waals surface area contributed by atoms with Gasteiger partial charge in [-0.1, -0.05) is 24.3 Å². The predicted octanol–water partition coefficient (Wildman–Crippen LogP) is 2.01. The molecule has 0 amide bonds. The Morgan fingerprint density at radius 2 is 2.36 bits per heavy atom. The minimum Gasteiger partial charge on any atom is -0.223 e. The molecular formula is C8H5N2S. The van der Waals surface area contributed by atoms with Gasteiger partial charge in [0.25, 0.3) is 0 Å². The Hall–Kier alpha value is -1.22. The lowest BCUT2D eigenvalue weighted by Gasteiger charge is -1.89. The molecule has 1 aromatic heterocycles. The third-order valence-corrected chi connectivity index (χ3v) is 2.00. The third-order valence-electron chi connectivity index (χ3n) is 1.30. The maximum absolute atomic E-state index is 4.06. The van der Waals surface area contributed by atoms with Crippen molar-refractivity contribution in [1.29, 1.82) is 0 Å². The Kier molecular flexibility index (Phi) is 1.65. The molecule has 1 heterocycles. The highest BCUT2D eigenvalue weighted by Crippen LogP contribution is 2.17. The highest BCUT2D eigenvalue weighted by Gasteiger charge is 1.97. The zero-order chi connectivity index (χ0) is 7.52. The summed E-state index contributed by atoms with van der Waals surface area (Å²) >= 11 is 1.38. The van der Waals surface area contributed by atoms with Crippen LogP contribution in [0.1, 0.15) is 0 Å². The Bertz CT molecular complexity index is 315. The van der Waals surface area contributed by atoms with Crippen LogP contribution in [-0.2, 0) is 0 Å². The number of nitrogens with zero attached hydrogens (tertiary/aromatic N) is 2. The van der Waals surface area contributed by atoms with Crippen molar-refractivity contribution in [2.75, 3.05) is 0 Å². The van der Waals surface area contributed by atoms with Crippen LogP contribution < -0.4 is 0 Å². The Morgan fingerprint density at radius 1 is 1.36 bits per heavy atom. The van der Waals surface area contributed by atoms with E-state index >= 15 is 0 Å². The van der Waals surface area contributed by atoms with Crippen LogP contribution >= 0.6 is 11.5 Å². The van der Waals surface area contributed by atoms with Gasteiger partial charge in [-0.25, -0.2) is 4.98 Å². The number of rotatable bonds is 1. The van der Waals surface area contributed by atoms with Crippen molar-refractivity contribution in [3.8, 4) is 10.6 Å². The topological polar surface area (TPSA) is 25.8 Å². The number of aromatic nitrogens is 2. The van der Waals surface area contributed by atoms with Gasteiger partial charge in [0.15, 0.2) is 0 Å². The van der Waals surface area contributed by atoms with Gasteiger partial charge in [0.1, 0.15) is 11.3 Å². The van der Waals surface area contributed by atoms with Gasteiger partial charge < -0.3 is 0 Å². The van der Waals surface area contributed by atoms with Gasteiger partial charge in [0, 0.05) is 5.56 Å².